The van der Waals surface area contributed by atoms with Gasteiger partial charge in [-0.1, -0.05) is 30.3 Å². The van der Waals surface area contributed by atoms with Crippen LogP contribution in [0.1, 0.15) is 49.9 Å². The molecule has 26 heavy (non-hydrogen) atoms. The molecule has 0 spiro atoms. The van der Waals surface area contributed by atoms with Crippen molar-refractivity contribution in [3.05, 3.63) is 41.5 Å². The minimum Gasteiger partial charge on any atom is -0.493 e. The van der Waals surface area contributed by atoms with Crippen LogP contribution in [0.4, 0.5) is 0 Å². The number of nitrogens with zero attached hydrogens (tertiary/aromatic N) is 3. The van der Waals surface area contributed by atoms with E-state index in [1.54, 1.807) is 4.90 Å². The highest BCUT2D eigenvalue weighted by Crippen LogP contribution is 2.16. The van der Waals surface area contributed by atoms with E-state index < -0.39 is 0 Å². The highest BCUT2D eigenvalue weighted by Gasteiger charge is 2.11. The van der Waals surface area contributed by atoms with E-state index in [0.717, 1.165) is 42.8 Å². The van der Waals surface area contributed by atoms with Crippen molar-refractivity contribution in [3.8, 4) is 5.75 Å². The van der Waals surface area contributed by atoms with Gasteiger partial charge in [0.15, 0.2) is 5.82 Å². The molecule has 1 amide bonds. The molecule has 1 heterocycles. The number of amides is 1. The summed E-state index contributed by atoms with van der Waals surface area (Å²) in [5.74, 6) is 2.41. The third-order valence-electron chi connectivity index (χ3n) is 4.18. The molecule has 6 heteroatoms. The van der Waals surface area contributed by atoms with Gasteiger partial charge >= 0.3 is 0 Å². The van der Waals surface area contributed by atoms with Gasteiger partial charge in [0.2, 0.25) is 11.8 Å². The summed E-state index contributed by atoms with van der Waals surface area (Å²) in [6, 6.07) is 7.95. The summed E-state index contributed by atoms with van der Waals surface area (Å²) in [5, 5.41) is 3.92. The number of rotatable bonds is 11. The van der Waals surface area contributed by atoms with Gasteiger partial charge < -0.3 is 14.2 Å². The minimum atomic E-state index is 0.134. The number of carbonyl (C=O) groups excluding carboxylic acids is 1. The largest absolute Gasteiger partial charge is 0.493 e. The average Bonchev–Trinajstić information content (AvgIpc) is 3.07. The van der Waals surface area contributed by atoms with Gasteiger partial charge in [0.25, 0.3) is 0 Å². The molecule has 142 valence electrons. The molecule has 2 rings (SSSR count). The maximum Gasteiger partial charge on any atom is 0.226 e. The van der Waals surface area contributed by atoms with Crippen LogP contribution in [-0.2, 0) is 17.6 Å². The molecule has 0 aliphatic heterocycles. The number of ether oxygens (including phenoxy) is 1. The van der Waals surface area contributed by atoms with Crippen LogP contribution in [0, 0.1) is 6.92 Å². The van der Waals surface area contributed by atoms with Crippen molar-refractivity contribution >= 4 is 5.91 Å². The summed E-state index contributed by atoms with van der Waals surface area (Å²) in [6.45, 7) is 5.40. The number of aryl methyl sites for hydroxylation is 3. The summed E-state index contributed by atoms with van der Waals surface area (Å²) < 4.78 is 11.0. The highest BCUT2D eigenvalue weighted by molar-refractivity contribution is 5.75. The maximum atomic E-state index is 12.2. The Morgan fingerprint density at radius 2 is 2.04 bits per heavy atom. The van der Waals surface area contributed by atoms with Crippen LogP contribution < -0.4 is 4.74 Å². The van der Waals surface area contributed by atoms with Crippen molar-refractivity contribution < 1.29 is 14.1 Å². The molecule has 0 radical (unpaired) electrons. The lowest BCUT2D eigenvalue weighted by Crippen LogP contribution is -2.28. The molecule has 1 aromatic heterocycles. The number of aromatic nitrogens is 2. The van der Waals surface area contributed by atoms with Gasteiger partial charge in [-0.25, -0.2) is 0 Å². The molecule has 0 unspecified atom stereocenters. The summed E-state index contributed by atoms with van der Waals surface area (Å²) >= 11 is 0. The Labute approximate surface area is 155 Å². The third-order valence-corrected chi connectivity index (χ3v) is 4.18. The smallest absolute Gasteiger partial charge is 0.226 e. The van der Waals surface area contributed by atoms with Crippen LogP contribution in [-0.4, -0.2) is 41.1 Å². The van der Waals surface area contributed by atoms with E-state index in [1.807, 2.05) is 38.2 Å². The lowest BCUT2D eigenvalue weighted by atomic mass is 10.2. The van der Waals surface area contributed by atoms with E-state index >= 15 is 0 Å². The molecule has 0 fully saturated rings. The fourth-order valence-electron chi connectivity index (χ4n) is 2.63. The molecule has 6 nitrogen and oxygen atoms in total. The Morgan fingerprint density at radius 1 is 1.23 bits per heavy atom. The first-order valence-corrected chi connectivity index (χ1v) is 9.34. The number of hydrogen-bond acceptors (Lipinski definition) is 5. The molecular formula is C20H29N3O3. The van der Waals surface area contributed by atoms with E-state index in [9.17, 15) is 4.79 Å². The van der Waals surface area contributed by atoms with Crippen LogP contribution in [0.15, 0.2) is 28.8 Å². The second kappa shape index (κ2) is 10.6. The topological polar surface area (TPSA) is 68.5 Å². The second-order valence-corrected chi connectivity index (χ2v) is 6.49. The van der Waals surface area contributed by atoms with Crippen LogP contribution in [0.5, 0.6) is 5.75 Å². The van der Waals surface area contributed by atoms with Gasteiger partial charge in [0, 0.05) is 32.9 Å². The molecule has 0 aliphatic carbocycles. The molecule has 2 aromatic rings. The third kappa shape index (κ3) is 6.50. The van der Waals surface area contributed by atoms with E-state index in [4.69, 9.17) is 9.26 Å². The van der Waals surface area contributed by atoms with E-state index in [1.165, 1.54) is 0 Å². The van der Waals surface area contributed by atoms with Gasteiger partial charge in [0.05, 0.1) is 6.61 Å². The molecule has 0 atom stereocenters. The standard InChI is InChI=1S/C20H29N3O3/c1-4-9-18-21-19(26-22-18)12-7-13-20(24)23(3)14-8-15-25-17-11-6-5-10-16(17)2/h5-6,10-11H,4,7-9,12-15H2,1-3H3. The quantitative estimate of drug-likeness (QED) is 0.574. The maximum absolute atomic E-state index is 12.2. The van der Waals surface area contributed by atoms with Gasteiger partial charge in [-0.05, 0) is 37.8 Å². The van der Waals surface area contributed by atoms with Crippen molar-refractivity contribution in [1.29, 1.82) is 0 Å². The number of hydrogen-bond donors (Lipinski definition) is 0. The Bertz CT molecular complexity index is 684. The predicted molar refractivity (Wildman–Crippen MR) is 100 cm³/mol. The first-order valence-electron chi connectivity index (χ1n) is 9.34. The van der Waals surface area contributed by atoms with Crippen molar-refractivity contribution in [1.82, 2.24) is 15.0 Å². The molecule has 0 saturated heterocycles. The van der Waals surface area contributed by atoms with Crippen molar-refractivity contribution in [2.45, 2.75) is 52.4 Å². The summed E-state index contributed by atoms with van der Waals surface area (Å²) in [7, 11) is 1.84. The zero-order valence-corrected chi connectivity index (χ0v) is 16.0. The SMILES string of the molecule is CCCc1noc(CCCC(=O)N(C)CCCOc2ccccc2C)n1. The first kappa shape index (κ1) is 19.9. The van der Waals surface area contributed by atoms with Crippen LogP contribution in [0.3, 0.4) is 0 Å². The average molecular weight is 359 g/mol. The van der Waals surface area contributed by atoms with Crippen molar-refractivity contribution in [2.24, 2.45) is 0 Å². The molecule has 0 saturated carbocycles. The summed E-state index contributed by atoms with van der Waals surface area (Å²) in [4.78, 5) is 18.3. The molecule has 0 bridgehead atoms. The fourth-order valence-corrected chi connectivity index (χ4v) is 2.63. The molecule has 1 aromatic carbocycles. The van der Waals surface area contributed by atoms with Gasteiger partial charge in [-0.2, -0.15) is 4.98 Å². The molecular weight excluding hydrogens is 330 g/mol. The predicted octanol–water partition coefficient (Wildman–Crippen LogP) is 3.58. The summed E-state index contributed by atoms with van der Waals surface area (Å²) in [6.07, 6.45) is 4.48. The van der Waals surface area contributed by atoms with Crippen molar-refractivity contribution in [3.63, 3.8) is 0 Å². The van der Waals surface area contributed by atoms with E-state index in [0.29, 0.717) is 31.9 Å². The summed E-state index contributed by atoms with van der Waals surface area (Å²) in [5.41, 5.74) is 1.13. The normalized spacial score (nSPS) is 10.7. The zero-order chi connectivity index (χ0) is 18.8. The molecule has 0 N–H and O–H groups in total. The zero-order valence-electron chi connectivity index (χ0n) is 16.0. The monoisotopic (exact) mass is 359 g/mol. The Hall–Kier alpha value is -2.37. The number of carbonyl (C=O) groups is 1. The lowest BCUT2D eigenvalue weighted by molar-refractivity contribution is -0.130. The molecule has 0 aliphatic rings. The fraction of sp³-hybridized carbons (Fsp3) is 0.550. The Morgan fingerprint density at radius 3 is 2.81 bits per heavy atom. The van der Waals surface area contributed by atoms with E-state index in [2.05, 4.69) is 17.1 Å². The van der Waals surface area contributed by atoms with Crippen LogP contribution >= 0.6 is 0 Å². The number of benzene rings is 1. The van der Waals surface area contributed by atoms with Gasteiger partial charge in [-0.3, -0.25) is 4.79 Å². The van der Waals surface area contributed by atoms with Gasteiger partial charge in [-0.15, -0.1) is 0 Å². The van der Waals surface area contributed by atoms with Gasteiger partial charge in [0.1, 0.15) is 5.75 Å². The lowest BCUT2D eigenvalue weighted by Gasteiger charge is -2.17. The van der Waals surface area contributed by atoms with Crippen molar-refractivity contribution in [2.75, 3.05) is 20.2 Å². The van der Waals surface area contributed by atoms with Crippen LogP contribution in [0.25, 0.3) is 0 Å². The van der Waals surface area contributed by atoms with E-state index in [-0.39, 0.29) is 5.91 Å². The highest BCUT2D eigenvalue weighted by atomic mass is 16.5. The minimum absolute atomic E-state index is 0.134. The Balaban J connectivity index is 1.60. The van der Waals surface area contributed by atoms with Crippen LogP contribution in [0.2, 0.25) is 0 Å². The first-order chi connectivity index (χ1) is 12.6. The Kier molecular flexibility index (Phi) is 8.12. The number of para-hydroxylation sites is 1. The second-order valence-electron chi connectivity index (χ2n) is 6.49.